The highest BCUT2D eigenvalue weighted by molar-refractivity contribution is 7.78. The van der Waals surface area contributed by atoms with Gasteiger partial charge in [-0.2, -0.15) is 0 Å². The number of unbranched alkanes of at least 4 members (excludes halogenated alkanes) is 1. The molecule has 0 fully saturated rings. The summed E-state index contributed by atoms with van der Waals surface area (Å²) in [7, 11) is 0. The van der Waals surface area contributed by atoms with Crippen LogP contribution in [0.4, 0.5) is 8.78 Å². The van der Waals surface area contributed by atoms with E-state index in [1.807, 2.05) is 36.4 Å². The van der Waals surface area contributed by atoms with Gasteiger partial charge in [0.1, 0.15) is 17.2 Å². The van der Waals surface area contributed by atoms with Gasteiger partial charge in [0.25, 0.3) is 0 Å². The number of rotatable bonds is 6. The fourth-order valence-electron chi connectivity index (χ4n) is 3.40. The molecular formula is C23H21F2NS. The Morgan fingerprint density at radius 2 is 1.81 bits per heavy atom. The molecule has 0 spiro atoms. The van der Waals surface area contributed by atoms with Gasteiger partial charge < -0.3 is 0 Å². The van der Waals surface area contributed by atoms with Gasteiger partial charge in [-0.05, 0) is 60.3 Å². The van der Waals surface area contributed by atoms with Crippen LogP contribution in [0, 0.1) is 11.6 Å². The first-order chi connectivity index (χ1) is 13.1. The lowest BCUT2D eigenvalue weighted by atomic mass is 9.84. The number of hydrogen-bond acceptors (Lipinski definition) is 2. The van der Waals surface area contributed by atoms with Gasteiger partial charge >= 0.3 is 0 Å². The maximum absolute atomic E-state index is 14.6. The molecule has 1 aliphatic rings. The Balaban J connectivity index is 1.95. The Hall–Kier alpha value is -2.42. The van der Waals surface area contributed by atoms with Crippen molar-refractivity contribution in [2.45, 2.75) is 38.1 Å². The molecule has 1 aliphatic carbocycles. The highest BCUT2D eigenvalue weighted by Crippen LogP contribution is 2.36. The third-order valence-corrected chi connectivity index (χ3v) is 4.98. The predicted octanol–water partition coefficient (Wildman–Crippen LogP) is 6.79. The lowest BCUT2D eigenvalue weighted by Crippen LogP contribution is -2.21. The third-order valence-electron chi connectivity index (χ3n) is 4.89. The molecular weight excluding hydrogens is 360 g/mol. The van der Waals surface area contributed by atoms with Gasteiger partial charge in [-0.15, -0.1) is 0 Å². The van der Waals surface area contributed by atoms with E-state index < -0.39 is 17.2 Å². The minimum Gasteiger partial charge on any atom is -0.216 e. The van der Waals surface area contributed by atoms with Crippen molar-refractivity contribution in [3.05, 3.63) is 83.5 Å². The molecule has 2 aromatic carbocycles. The zero-order valence-corrected chi connectivity index (χ0v) is 16.0. The first-order valence-corrected chi connectivity index (χ1v) is 9.52. The Morgan fingerprint density at radius 1 is 1.11 bits per heavy atom. The van der Waals surface area contributed by atoms with Crippen LogP contribution >= 0.6 is 12.2 Å². The van der Waals surface area contributed by atoms with Crippen molar-refractivity contribution in [2.24, 2.45) is 4.99 Å². The summed E-state index contributed by atoms with van der Waals surface area (Å²) in [6.07, 6.45) is 11.1. The van der Waals surface area contributed by atoms with E-state index in [2.05, 4.69) is 17.1 Å². The maximum Gasteiger partial charge on any atom is 0.134 e. The highest BCUT2D eigenvalue weighted by atomic mass is 32.1. The standard InChI is InChI=1S/C23H21F2NS/c1-2-3-7-17-14-20(24)22(21(25)15-17)18-8-10-19(11-9-18)23(26-16-27)12-5-4-6-13-23/h4-6,8-12,14-15H,2-3,7,13H2,1H3. The Morgan fingerprint density at radius 3 is 2.37 bits per heavy atom. The van der Waals surface area contributed by atoms with E-state index in [9.17, 15) is 8.78 Å². The number of nitrogens with zero attached hydrogens (tertiary/aromatic N) is 1. The van der Waals surface area contributed by atoms with Crippen LogP contribution < -0.4 is 0 Å². The molecule has 138 valence electrons. The summed E-state index contributed by atoms with van der Waals surface area (Å²) in [5.74, 6) is -1.05. The van der Waals surface area contributed by atoms with Gasteiger partial charge in [-0.25, -0.2) is 13.8 Å². The van der Waals surface area contributed by atoms with E-state index in [1.54, 1.807) is 12.1 Å². The minimum absolute atomic E-state index is 0.00765. The van der Waals surface area contributed by atoms with Crippen LogP contribution in [0.15, 0.2) is 65.7 Å². The second-order valence-electron chi connectivity index (χ2n) is 6.73. The van der Waals surface area contributed by atoms with Crippen LogP contribution in [0.25, 0.3) is 11.1 Å². The van der Waals surface area contributed by atoms with Gasteiger partial charge in [-0.1, -0.05) is 61.9 Å². The first-order valence-electron chi connectivity index (χ1n) is 9.12. The topological polar surface area (TPSA) is 12.4 Å². The van der Waals surface area contributed by atoms with Gasteiger partial charge in [0.15, 0.2) is 0 Å². The Bertz CT molecular complexity index is 901. The van der Waals surface area contributed by atoms with Crippen LogP contribution in [0.5, 0.6) is 0 Å². The quantitative estimate of drug-likeness (QED) is 0.396. The molecule has 0 amide bonds. The molecule has 0 saturated carbocycles. The Kier molecular flexibility index (Phi) is 6.10. The van der Waals surface area contributed by atoms with Crippen molar-refractivity contribution in [1.82, 2.24) is 0 Å². The summed E-state index contributed by atoms with van der Waals surface area (Å²) in [6.45, 7) is 2.06. The number of allylic oxidation sites excluding steroid dienone is 2. The molecule has 0 aromatic heterocycles. The van der Waals surface area contributed by atoms with Gasteiger partial charge in [0.2, 0.25) is 0 Å². The molecule has 27 heavy (non-hydrogen) atoms. The van der Waals surface area contributed by atoms with Crippen LogP contribution in [0.2, 0.25) is 0 Å². The molecule has 1 nitrogen and oxygen atoms in total. The molecule has 0 bridgehead atoms. The van der Waals surface area contributed by atoms with Crippen molar-refractivity contribution in [3.8, 4) is 11.1 Å². The molecule has 1 unspecified atom stereocenters. The highest BCUT2D eigenvalue weighted by Gasteiger charge is 2.28. The third kappa shape index (κ3) is 4.13. The summed E-state index contributed by atoms with van der Waals surface area (Å²) in [6, 6.07) is 10.0. The molecule has 1 atom stereocenters. The minimum atomic E-state index is -0.601. The van der Waals surface area contributed by atoms with E-state index in [1.165, 1.54) is 12.1 Å². The molecule has 0 heterocycles. The normalized spacial score (nSPS) is 18.3. The predicted molar refractivity (Wildman–Crippen MR) is 110 cm³/mol. The Labute approximate surface area is 164 Å². The molecule has 4 heteroatoms. The van der Waals surface area contributed by atoms with Crippen LogP contribution in [-0.4, -0.2) is 5.16 Å². The molecule has 2 aromatic rings. The molecule has 0 radical (unpaired) electrons. The summed E-state index contributed by atoms with van der Waals surface area (Å²) >= 11 is 4.81. The van der Waals surface area contributed by atoms with Crippen LogP contribution in [0.1, 0.15) is 37.3 Å². The zero-order chi connectivity index (χ0) is 19.3. The van der Waals surface area contributed by atoms with Crippen molar-refractivity contribution in [1.29, 1.82) is 0 Å². The second kappa shape index (κ2) is 8.51. The summed E-state index contributed by atoms with van der Waals surface area (Å²) < 4.78 is 29.1. The van der Waals surface area contributed by atoms with Crippen LogP contribution in [-0.2, 0) is 12.0 Å². The van der Waals surface area contributed by atoms with Crippen LogP contribution in [0.3, 0.4) is 0 Å². The van der Waals surface area contributed by atoms with Gasteiger partial charge in [0.05, 0.1) is 10.7 Å². The number of thiocarbonyl (C=S) groups is 1. The molecule has 0 N–H and O–H groups in total. The monoisotopic (exact) mass is 381 g/mol. The molecule has 0 aliphatic heterocycles. The molecule has 3 rings (SSSR count). The molecule has 0 saturated heterocycles. The number of hydrogen-bond donors (Lipinski definition) is 0. The number of halogens is 2. The second-order valence-corrected chi connectivity index (χ2v) is 6.92. The fourth-order valence-corrected chi connectivity index (χ4v) is 3.57. The van der Waals surface area contributed by atoms with Crippen molar-refractivity contribution in [3.63, 3.8) is 0 Å². The number of aryl methyl sites for hydroxylation is 1. The number of aliphatic imine (C=N–C) groups is 1. The maximum atomic E-state index is 14.6. The average molecular weight is 381 g/mol. The van der Waals surface area contributed by atoms with E-state index in [0.717, 1.165) is 18.4 Å². The lowest BCUT2D eigenvalue weighted by molar-refractivity contribution is 0.573. The zero-order valence-electron chi connectivity index (χ0n) is 15.2. The average Bonchev–Trinajstić information content (AvgIpc) is 2.67. The first kappa shape index (κ1) is 19.3. The summed E-state index contributed by atoms with van der Waals surface area (Å²) in [5, 5.41) is 2.47. The van der Waals surface area contributed by atoms with Crippen molar-refractivity contribution < 1.29 is 8.78 Å². The van der Waals surface area contributed by atoms with E-state index in [4.69, 9.17) is 12.2 Å². The lowest BCUT2D eigenvalue weighted by Gasteiger charge is -2.26. The van der Waals surface area contributed by atoms with Gasteiger partial charge in [0, 0.05) is 0 Å². The summed E-state index contributed by atoms with van der Waals surface area (Å²) in [5.41, 5.74) is 1.52. The number of benzene rings is 2. The smallest absolute Gasteiger partial charge is 0.134 e. The van der Waals surface area contributed by atoms with Gasteiger partial charge in [-0.3, -0.25) is 0 Å². The van der Waals surface area contributed by atoms with E-state index >= 15 is 0 Å². The SMILES string of the molecule is CCCCc1cc(F)c(-c2ccc(C3(N=C=S)C=CC=CC3)cc2)c(F)c1. The largest absolute Gasteiger partial charge is 0.216 e. The number of isothiocyanates is 1. The van der Waals surface area contributed by atoms with E-state index in [0.29, 0.717) is 24.0 Å². The van der Waals surface area contributed by atoms with E-state index in [-0.39, 0.29) is 5.56 Å². The van der Waals surface area contributed by atoms with Crippen molar-refractivity contribution >= 4 is 17.4 Å². The van der Waals surface area contributed by atoms with Crippen molar-refractivity contribution in [2.75, 3.05) is 0 Å². The summed E-state index contributed by atoms with van der Waals surface area (Å²) in [4.78, 5) is 4.34. The fraction of sp³-hybridized carbons (Fsp3) is 0.261.